The van der Waals surface area contributed by atoms with Gasteiger partial charge in [-0.25, -0.2) is 0 Å². The highest BCUT2D eigenvalue weighted by atomic mass is 35.5. The summed E-state index contributed by atoms with van der Waals surface area (Å²) in [6.45, 7) is 5.68. The zero-order valence-electron chi connectivity index (χ0n) is 9.97. The van der Waals surface area contributed by atoms with Crippen molar-refractivity contribution < 1.29 is 0 Å². The lowest BCUT2D eigenvalue weighted by Gasteiger charge is -1.99. The van der Waals surface area contributed by atoms with Crippen molar-refractivity contribution in [3.8, 4) is 0 Å². The van der Waals surface area contributed by atoms with E-state index in [4.69, 9.17) is 0 Å². The van der Waals surface area contributed by atoms with E-state index in [1.807, 2.05) is 23.9 Å². The summed E-state index contributed by atoms with van der Waals surface area (Å²) in [5.74, 6) is 2.19. The number of rotatable bonds is 8. The van der Waals surface area contributed by atoms with Crippen LogP contribution in [0, 0.1) is 0 Å². The molecule has 1 aromatic rings. The van der Waals surface area contributed by atoms with Gasteiger partial charge in [0.2, 0.25) is 0 Å². The Morgan fingerprint density at radius 1 is 1.24 bits per heavy atom. The molecule has 0 atom stereocenters. The molecule has 1 N–H and O–H groups in total. The van der Waals surface area contributed by atoms with Crippen molar-refractivity contribution in [1.82, 2.24) is 5.32 Å². The van der Waals surface area contributed by atoms with Crippen LogP contribution in [0.3, 0.4) is 0 Å². The van der Waals surface area contributed by atoms with Gasteiger partial charge in [-0.3, -0.25) is 0 Å². The smallest absolute Gasteiger partial charge is 0.0138 e. The molecule has 0 bridgehead atoms. The first kappa shape index (κ1) is 16.3. The standard InChI is InChI=1S/C14H19NS.ClH/c1-2-12-16-13-11-15-10-6-9-14-7-4-3-5-8-14;/h2-9,15H,1,10-13H2;1H/b9-6+;. The van der Waals surface area contributed by atoms with Crippen molar-refractivity contribution in [2.45, 2.75) is 0 Å². The molecule has 0 fully saturated rings. The van der Waals surface area contributed by atoms with Crippen molar-refractivity contribution in [2.75, 3.05) is 24.6 Å². The summed E-state index contributed by atoms with van der Waals surface area (Å²) in [7, 11) is 0. The Bertz CT molecular complexity index is 311. The van der Waals surface area contributed by atoms with E-state index < -0.39 is 0 Å². The highest BCUT2D eigenvalue weighted by Crippen LogP contribution is 2.00. The Kier molecular flexibility index (Phi) is 11.3. The van der Waals surface area contributed by atoms with E-state index in [0.717, 1.165) is 24.6 Å². The first-order valence-electron chi connectivity index (χ1n) is 5.54. The predicted molar refractivity (Wildman–Crippen MR) is 83.1 cm³/mol. The minimum absolute atomic E-state index is 0. The van der Waals surface area contributed by atoms with Gasteiger partial charge in [0.05, 0.1) is 0 Å². The van der Waals surface area contributed by atoms with E-state index in [-0.39, 0.29) is 12.4 Å². The molecule has 94 valence electrons. The zero-order valence-corrected chi connectivity index (χ0v) is 11.6. The van der Waals surface area contributed by atoms with Crippen LogP contribution in [0.15, 0.2) is 49.1 Å². The van der Waals surface area contributed by atoms with Crippen LogP contribution in [0.5, 0.6) is 0 Å². The summed E-state index contributed by atoms with van der Waals surface area (Å²) in [4.78, 5) is 0. The van der Waals surface area contributed by atoms with Gasteiger partial charge in [-0.05, 0) is 5.56 Å². The van der Waals surface area contributed by atoms with Crippen LogP contribution >= 0.6 is 24.2 Å². The Morgan fingerprint density at radius 3 is 2.71 bits per heavy atom. The van der Waals surface area contributed by atoms with Gasteiger partial charge in [-0.15, -0.1) is 19.0 Å². The highest BCUT2D eigenvalue weighted by molar-refractivity contribution is 7.99. The van der Waals surface area contributed by atoms with Crippen molar-refractivity contribution in [2.24, 2.45) is 0 Å². The maximum atomic E-state index is 3.69. The molecule has 0 aliphatic carbocycles. The van der Waals surface area contributed by atoms with E-state index in [1.165, 1.54) is 5.56 Å². The maximum Gasteiger partial charge on any atom is 0.0138 e. The summed E-state index contributed by atoms with van der Waals surface area (Å²) >= 11 is 1.90. The van der Waals surface area contributed by atoms with Crippen LogP contribution in [0.2, 0.25) is 0 Å². The summed E-state index contributed by atoms with van der Waals surface area (Å²) in [5.41, 5.74) is 1.25. The second-order valence-electron chi connectivity index (χ2n) is 3.38. The van der Waals surface area contributed by atoms with Crippen LogP contribution in [0.25, 0.3) is 6.08 Å². The number of hydrogen-bond acceptors (Lipinski definition) is 2. The second-order valence-corrected chi connectivity index (χ2v) is 4.53. The third-order valence-electron chi connectivity index (χ3n) is 2.03. The molecule has 1 rings (SSSR count). The topological polar surface area (TPSA) is 12.0 Å². The molecule has 0 heterocycles. The summed E-state index contributed by atoms with van der Waals surface area (Å²) in [5, 5.41) is 3.37. The third kappa shape index (κ3) is 9.04. The molecule has 0 aromatic heterocycles. The molecule has 3 heteroatoms. The molecule has 0 saturated carbocycles. The molecule has 0 spiro atoms. The van der Waals surface area contributed by atoms with Gasteiger partial charge in [-0.2, -0.15) is 11.8 Å². The predicted octanol–water partition coefficient (Wildman–Crippen LogP) is 3.63. The van der Waals surface area contributed by atoms with E-state index in [9.17, 15) is 0 Å². The number of hydrogen-bond donors (Lipinski definition) is 1. The Morgan fingerprint density at radius 2 is 2.00 bits per heavy atom. The van der Waals surface area contributed by atoms with Gasteiger partial charge >= 0.3 is 0 Å². The lowest BCUT2D eigenvalue weighted by molar-refractivity contribution is 0.808. The largest absolute Gasteiger partial charge is 0.312 e. The van der Waals surface area contributed by atoms with E-state index >= 15 is 0 Å². The molecule has 0 saturated heterocycles. The van der Waals surface area contributed by atoms with Crippen molar-refractivity contribution in [1.29, 1.82) is 0 Å². The van der Waals surface area contributed by atoms with Gasteiger partial charge in [0.25, 0.3) is 0 Å². The van der Waals surface area contributed by atoms with Gasteiger partial charge in [-0.1, -0.05) is 48.6 Å². The molecule has 0 aliphatic heterocycles. The second kappa shape index (κ2) is 11.8. The van der Waals surface area contributed by atoms with E-state index in [2.05, 4.69) is 48.3 Å². The highest BCUT2D eigenvalue weighted by Gasteiger charge is 1.85. The van der Waals surface area contributed by atoms with Crippen molar-refractivity contribution in [3.05, 3.63) is 54.6 Å². The maximum absolute atomic E-state index is 3.69. The number of halogens is 1. The number of thioether (sulfide) groups is 1. The van der Waals surface area contributed by atoms with Gasteiger partial charge in [0, 0.05) is 24.6 Å². The Hall–Kier alpha value is -0.700. The Balaban J connectivity index is 0.00000256. The first-order valence-corrected chi connectivity index (χ1v) is 6.70. The average molecular weight is 270 g/mol. The zero-order chi connectivity index (χ0) is 11.5. The summed E-state index contributed by atoms with van der Waals surface area (Å²) < 4.78 is 0. The molecular formula is C14H20ClNS. The fourth-order valence-corrected chi connectivity index (χ4v) is 1.88. The van der Waals surface area contributed by atoms with Gasteiger partial charge in [0.15, 0.2) is 0 Å². The van der Waals surface area contributed by atoms with Crippen LogP contribution in [-0.2, 0) is 0 Å². The van der Waals surface area contributed by atoms with Crippen molar-refractivity contribution >= 4 is 30.2 Å². The molecule has 0 amide bonds. The normalized spacial score (nSPS) is 10.1. The minimum atomic E-state index is 0. The molecule has 17 heavy (non-hydrogen) atoms. The summed E-state index contributed by atoms with van der Waals surface area (Å²) in [6.07, 6.45) is 6.25. The van der Waals surface area contributed by atoms with Crippen LogP contribution in [0.1, 0.15) is 5.56 Å². The number of benzene rings is 1. The van der Waals surface area contributed by atoms with Crippen LogP contribution < -0.4 is 5.32 Å². The molecule has 0 radical (unpaired) electrons. The van der Waals surface area contributed by atoms with Gasteiger partial charge < -0.3 is 5.32 Å². The van der Waals surface area contributed by atoms with Gasteiger partial charge in [0.1, 0.15) is 0 Å². The minimum Gasteiger partial charge on any atom is -0.312 e. The SMILES string of the molecule is C=CCSCCNC/C=C/c1ccccc1.Cl. The summed E-state index contributed by atoms with van der Waals surface area (Å²) in [6, 6.07) is 10.4. The van der Waals surface area contributed by atoms with Crippen LogP contribution in [-0.4, -0.2) is 24.6 Å². The lowest BCUT2D eigenvalue weighted by atomic mass is 10.2. The molecule has 1 nitrogen and oxygen atoms in total. The van der Waals surface area contributed by atoms with Crippen molar-refractivity contribution in [3.63, 3.8) is 0 Å². The third-order valence-corrected chi connectivity index (χ3v) is 3.00. The monoisotopic (exact) mass is 269 g/mol. The Labute approximate surface area is 115 Å². The fraction of sp³-hybridized carbons (Fsp3) is 0.286. The van der Waals surface area contributed by atoms with E-state index in [0.29, 0.717) is 0 Å². The van der Waals surface area contributed by atoms with E-state index in [1.54, 1.807) is 0 Å². The fourth-order valence-electron chi connectivity index (χ4n) is 1.26. The molecular weight excluding hydrogens is 250 g/mol. The lowest BCUT2D eigenvalue weighted by Crippen LogP contribution is -2.16. The quantitative estimate of drug-likeness (QED) is 0.571. The molecule has 0 unspecified atom stereocenters. The average Bonchev–Trinajstić information content (AvgIpc) is 2.34. The first-order chi connectivity index (χ1) is 7.93. The molecule has 1 aromatic carbocycles. The van der Waals surface area contributed by atoms with Crippen LogP contribution in [0.4, 0.5) is 0 Å². The molecule has 0 aliphatic rings. The number of nitrogens with one attached hydrogen (secondary N) is 1.